The molecule has 0 aromatic heterocycles. The predicted octanol–water partition coefficient (Wildman–Crippen LogP) is 2.40. The Morgan fingerprint density at radius 2 is 2.40 bits per heavy atom. The summed E-state index contributed by atoms with van der Waals surface area (Å²) in [6.07, 6.45) is 1.95. The van der Waals surface area contributed by atoms with Gasteiger partial charge in [-0.05, 0) is 30.5 Å². The lowest BCUT2D eigenvalue weighted by atomic mass is 10.1. The zero-order chi connectivity index (χ0) is 10.8. The molecule has 0 amide bonds. The van der Waals surface area contributed by atoms with E-state index in [0.717, 1.165) is 17.7 Å². The summed E-state index contributed by atoms with van der Waals surface area (Å²) in [5.74, 6) is -0.877. The van der Waals surface area contributed by atoms with Gasteiger partial charge >= 0.3 is 5.97 Å². The summed E-state index contributed by atoms with van der Waals surface area (Å²) >= 11 is 1.60. The fraction of sp³-hybridized carbons (Fsp3) is 0.364. The normalized spacial score (nSPS) is 19.7. The van der Waals surface area contributed by atoms with E-state index in [1.54, 1.807) is 31.0 Å². The fourth-order valence-electron chi connectivity index (χ4n) is 1.64. The van der Waals surface area contributed by atoms with Crippen LogP contribution in [0.2, 0.25) is 0 Å². The first kappa shape index (κ1) is 10.5. The Morgan fingerprint density at radius 1 is 1.60 bits per heavy atom. The van der Waals surface area contributed by atoms with Gasteiger partial charge in [0.15, 0.2) is 0 Å². The van der Waals surface area contributed by atoms with E-state index in [1.165, 1.54) is 5.56 Å². The molecule has 0 bridgehead atoms. The Bertz CT molecular complexity index is 389. The molecule has 0 fully saturated rings. The van der Waals surface area contributed by atoms with Crippen molar-refractivity contribution in [2.45, 2.75) is 23.2 Å². The lowest BCUT2D eigenvalue weighted by Crippen LogP contribution is -2.13. The minimum atomic E-state index is -0.877. The van der Waals surface area contributed by atoms with Crippen LogP contribution in [0.15, 0.2) is 23.1 Å². The third-order valence-corrected chi connectivity index (χ3v) is 3.81. The second kappa shape index (κ2) is 4.24. The van der Waals surface area contributed by atoms with Gasteiger partial charge in [-0.1, -0.05) is 17.8 Å². The first-order chi connectivity index (χ1) is 7.20. The van der Waals surface area contributed by atoms with E-state index >= 15 is 0 Å². The number of methoxy groups -OCH3 is 1. The highest BCUT2D eigenvalue weighted by Gasteiger charge is 2.19. The minimum Gasteiger partial charge on any atom is -0.478 e. The van der Waals surface area contributed by atoms with Gasteiger partial charge in [0, 0.05) is 12.0 Å². The predicted molar refractivity (Wildman–Crippen MR) is 58.4 cm³/mol. The molecular formula is C11H12O3S. The summed E-state index contributed by atoms with van der Waals surface area (Å²) in [4.78, 5) is 11.8. The van der Waals surface area contributed by atoms with Crippen LogP contribution in [0.5, 0.6) is 0 Å². The molecule has 0 saturated carbocycles. The lowest BCUT2D eigenvalue weighted by Gasteiger charge is -2.22. The highest BCUT2D eigenvalue weighted by molar-refractivity contribution is 7.99. The second-order valence-corrected chi connectivity index (χ2v) is 4.65. The zero-order valence-corrected chi connectivity index (χ0v) is 9.21. The molecule has 4 heteroatoms. The SMILES string of the molecule is COC1CCc2ccc(C(=O)O)cc2S1. The van der Waals surface area contributed by atoms with Crippen molar-refractivity contribution in [3.05, 3.63) is 29.3 Å². The van der Waals surface area contributed by atoms with Gasteiger partial charge in [-0.25, -0.2) is 4.79 Å². The van der Waals surface area contributed by atoms with Gasteiger partial charge in [0.1, 0.15) is 5.44 Å². The molecule has 15 heavy (non-hydrogen) atoms. The molecule has 1 unspecified atom stereocenters. The van der Waals surface area contributed by atoms with Crippen molar-refractivity contribution in [2.24, 2.45) is 0 Å². The number of carbonyl (C=O) groups is 1. The van der Waals surface area contributed by atoms with Crippen LogP contribution in [0, 0.1) is 0 Å². The van der Waals surface area contributed by atoms with Crippen LogP contribution in [-0.4, -0.2) is 23.6 Å². The van der Waals surface area contributed by atoms with Crippen LogP contribution < -0.4 is 0 Å². The number of fused-ring (bicyclic) bond motifs is 1. The maximum absolute atomic E-state index is 10.8. The summed E-state index contributed by atoms with van der Waals surface area (Å²) in [5.41, 5.74) is 1.72. The summed E-state index contributed by atoms with van der Waals surface area (Å²) in [7, 11) is 1.68. The number of benzene rings is 1. The Balaban J connectivity index is 2.30. The van der Waals surface area contributed by atoms with Crippen LogP contribution >= 0.6 is 11.8 Å². The van der Waals surface area contributed by atoms with Gasteiger partial charge in [0.2, 0.25) is 0 Å². The van der Waals surface area contributed by atoms with Gasteiger partial charge < -0.3 is 9.84 Å². The van der Waals surface area contributed by atoms with Crippen molar-refractivity contribution in [2.75, 3.05) is 7.11 Å². The molecule has 0 aliphatic carbocycles. The van der Waals surface area contributed by atoms with E-state index in [0.29, 0.717) is 5.56 Å². The lowest BCUT2D eigenvalue weighted by molar-refractivity contribution is 0.0696. The molecule has 1 atom stereocenters. The van der Waals surface area contributed by atoms with Crippen molar-refractivity contribution in [1.29, 1.82) is 0 Å². The molecule has 1 aromatic carbocycles. The Hall–Kier alpha value is -1.00. The summed E-state index contributed by atoms with van der Waals surface area (Å²) in [6, 6.07) is 5.29. The number of ether oxygens (including phenoxy) is 1. The van der Waals surface area contributed by atoms with Crippen molar-refractivity contribution in [1.82, 2.24) is 0 Å². The Labute approximate surface area is 92.4 Å². The molecule has 0 spiro atoms. The van der Waals surface area contributed by atoms with Gasteiger partial charge in [-0.15, -0.1) is 0 Å². The summed E-state index contributed by atoms with van der Waals surface area (Å²) in [5, 5.41) is 8.87. The number of hydrogen-bond donors (Lipinski definition) is 1. The Kier molecular flexibility index (Phi) is 2.98. The fourth-order valence-corrected chi connectivity index (χ4v) is 2.78. The minimum absolute atomic E-state index is 0.154. The summed E-state index contributed by atoms with van der Waals surface area (Å²) < 4.78 is 5.26. The van der Waals surface area contributed by atoms with Crippen molar-refractivity contribution in [3.63, 3.8) is 0 Å². The zero-order valence-electron chi connectivity index (χ0n) is 8.40. The number of carboxylic acid groups (broad SMARTS) is 1. The van der Waals surface area contributed by atoms with E-state index in [2.05, 4.69) is 0 Å². The van der Waals surface area contributed by atoms with Gasteiger partial charge in [0.25, 0.3) is 0 Å². The van der Waals surface area contributed by atoms with Gasteiger partial charge in [0.05, 0.1) is 5.56 Å². The molecule has 1 aliphatic heterocycles. The number of carboxylic acids is 1. The highest BCUT2D eigenvalue weighted by Crippen LogP contribution is 2.35. The van der Waals surface area contributed by atoms with Crippen LogP contribution in [0.1, 0.15) is 22.3 Å². The first-order valence-corrected chi connectivity index (χ1v) is 5.64. The molecule has 1 aliphatic rings. The third-order valence-electron chi connectivity index (χ3n) is 2.48. The molecule has 3 nitrogen and oxygen atoms in total. The number of rotatable bonds is 2. The molecule has 1 N–H and O–H groups in total. The number of aromatic carboxylic acids is 1. The highest BCUT2D eigenvalue weighted by atomic mass is 32.2. The monoisotopic (exact) mass is 224 g/mol. The van der Waals surface area contributed by atoms with E-state index < -0.39 is 5.97 Å². The number of hydrogen-bond acceptors (Lipinski definition) is 3. The molecule has 1 heterocycles. The molecule has 1 aromatic rings. The van der Waals surface area contributed by atoms with Crippen LogP contribution in [0.25, 0.3) is 0 Å². The van der Waals surface area contributed by atoms with Crippen molar-refractivity contribution < 1.29 is 14.6 Å². The topological polar surface area (TPSA) is 46.5 Å². The van der Waals surface area contributed by atoms with E-state index in [1.807, 2.05) is 6.07 Å². The van der Waals surface area contributed by atoms with Crippen LogP contribution in [0.4, 0.5) is 0 Å². The van der Waals surface area contributed by atoms with E-state index in [-0.39, 0.29) is 5.44 Å². The standard InChI is InChI=1S/C11H12O3S/c1-14-10-5-4-7-2-3-8(11(12)13)6-9(7)15-10/h2-3,6,10H,4-5H2,1H3,(H,12,13). The number of thioether (sulfide) groups is 1. The maximum Gasteiger partial charge on any atom is 0.335 e. The second-order valence-electron chi connectivity index (χ2n) is 3.45. The Morgan fingerprint density at radius 3 is 3.07 bits per heavy atom. The molecular weight excluding hydrogens is 212 g/mol. The van der Waals surface area contributed by atoms with E-state index in [4.69, 9.17) is 9.84 Å². The largest absolute Gasteiger partial charge is 0.478 e. The van der Waals surface area contributed by atoms with Crippen molar-refractivity contribution >= 4 is 17.7 Å². The van der Waals surface area contributed by atoms with Crippen LogP contribution in [0.3, 0.4) is 0 Å². The average Bonchev–Trinajstić information content (AvgIpc) is 2.27. The maximum atomic E-state index is 10.8. The van der Waals surface area contributed by atoms with Gasteiger partial charge in [-0.3, -0.25) is 0 Å². The average molecular weight is 224 g/mol. The van der Waals surface area contributed by atoms with Crippen molar-refractivity contribution in [3.8, 4) is 0 Å². The molecule has 0 radical (unpaired) electrons. The first-order valence-electron chi connectivity index (χ1n) is 4.76. The van der Waals surface area contributed by atoms with E-state index in [9.17, 15) is 4.79 Å². The van der Waals surface area contributed by atoms with Gasteiger partial charge in [-0.2, -0.15) is 0 Å². The van der Waals surface area contributed by atoms with Crippen LogP contribution in [-0.2, 0) is 11.2 Å². The third kappa shape index (κ3) is 2.16. The molecule has 0 saturated heterocycles. The summed E-state index contributed by atoms with van der Waals surface area (Å²) in [6.45, 7) is 0. The quantitative estimate of drug-likeness (QED) is 0.838. The number of aryl methyl sites for hydroxylation is 1. The smallest absolute Gasteiger partial charge is 0.335 e. The molecule has 2 rings (SSSR count). The molecule has 80 valence electrons.